The molecule has 0 aliphatic carbocycles. The Morgan fingerprint density at radius 2 is 1.86 bits per heavy atom. The second-order valence-corrected chi connectivity index (χ2v) is 9.89. The van der Waals surface area contributed by atoms with Crippen LogP contribution in [0.15, 0.2) is 36.7 Å². The van der Waals surface area contributed by atoms with Crippen molar-refractivity contribution in [2.24, 2.45) is 11.8 Å². The van der Waals surface area contributed by atoms with Crippen LogP contribution >= 0.6 is 0 Å². The van der Waals surface area contributed by atoms with Gasteiger partial charge in [0.05, 0.1) is 17.6 Å². The Morgan fingerprint density at radius 1 is 1.08 bits per heavy atom. The fourth-order valence-electron chi connectivity index (χ4n) is 5.15. The van der Waals surface area contributed by atoms with E-state index in [4.69, 9.17) is 5.73 Å². The van der Waals surface area contributed by atoms with Gasteiger partial charge in [-0.25, -0.2) is 9.97 Å². The number of carbonyl (C=O) groups is 1. The van der Waals surface area contributed by atoms with Crippen LogP contribution in [0.25, 0.3) is 33.1 Å². The zero-order chi connectivity index (χ0) is 25.4. The molecule has 4 heterocycles. The van der Waals surface area contributed by atoms with E-state index in [0.717, 1.165) is 59.0 Å². The quantitative estimate of drug-likeness (QED) is 0.380. The highest BCUT2D eigenvalue weighted by molar-refractivity contribution is 6.07. The molecule has 4 aromatic rings. The number of nitrogen functional groups attached to an aromatic ring is 1. The summed E-state index contributed by atoms with van der Waals surface area (Å²) in [6.45, 7) is 5.79. The first kappa shape index (κ1) is 24.1. The summed E-state index contributed by atoms with van der Waals surface area (Å²) in [4.78, 5) is 27.8. The van der Waals surface area contributed by atoms with Gasteiger partial charge in [0.15, 0.2) is 5.82 Å². The number of carbonyl (C=O) groups excluding carboxylic acids is 1. The normalized spacial score (nSPS) is 14.9. The van der Waals surface area contributed by atoms with E-state index in [0.29, 0.717) is 29.6 Å². The number of fused-ring (bicyclic) bond motifs is 3. The molecule has 9 heteroatoms. The third kappa shape index (κ3) is 4.40. The number of piperidine rings is 1. The van der Waals surface area contributed by atoms with E-state index < -0.39 is 0 Å². The number of hydrogen-bond acceptors (Lipinski definition) is 7. The van der Waals surface area contributed by atoms with Crippen molar-refractivity contribution < 1.29 is 15.0 Å². The number of aliphatic hydroxyl groups is 2. The molecule has 188 valence electrons. The third-order valence-electron chi connectivity index (χ3n) is 7.10. The van der Waals surface area contributed by atoms with Gasteiger partial charge in [-0.1, -0.05) is 26.0 Å². The number of anilines is 1. The molecular formula is C27H32N6O3. The SMILES string of the molecule is CC(C)C(=O)N1CCC(Cn2c(CO)nc3c(N)nc4cc(-c5cncc(CO)c5)ccc4c32)CC1. The molecule has 0 radical (unpaired) electrons. The van der Waals surface area contributed by atoms with Gasteiger partial charge in [0.2, 0.25) is 5.91 Å². The van der Waals surface area contributed by atoms with Gasteiger partial charge in [-0.15, -0.1) is 0 Å². The molecule has 0 atom stereocenters. The van der Waals surface area contributed by atoms with Crippen molar-refractivity contribution in [1.82, 2.24) is 24.4 Å². The molecule has 4 N–H and O–H groups in total. The highest BCUT2D eigenvalue weighted by atomic mass is 16.3. The molecule has 0 saturated carbocycles. The lowest BCUT2D eigenvalue weighted by molar-refractivity contribution is -0.135. The summed E-state index contributed by atoms with van der Waals surface area (Å²) < 4.78 is 2.08. The largest absolute Gasteiger partial charge is 0.392 e. The minimum absolute atomic E-state index is 0.00811. The Labute approximate surface area is 209 Å². The lowest BCUT2D eigenvalue weighted by atomic mass is 9.95. The van der Waals surface area contributed by atoms with E-state index in [1.807, 2.05) is 43.0 Å². The van der Waals surface area contributed by atoms with Crippen molar-refractivity contribution in [3.8, 4) is 11.1 Å². The maximum absolute atomic E-state index is 12.4. The van der Waals surface area contributed by atoms with Gasteiger partial charge >= 0.3 is 0 Å². The van der Waals surface area contributed by atoms with Crippen molar-refractivity contribution in [2.45, 2.75) is 46.4 Å². The first-order chi connectivity index (χ1) is 17.4. The van der Waals surface area contributed by atoms with Crippen LogP contribution < -0.4 is 5.73 Å². The average Bonchev–Trinajstić information content (AvgIpc) is 3.27. The predicted molar refractivity (Wildman–Crippen MR) is 139 cm³/mol. The summed E-state index contributed by atoms with van der Waals surface area (Å²) in [5, 5.41) is 20.5. The van der Waals surface area contributed by atoms with Gasteiger partial charge in [0.1, 0.15) is 17.9 Å². The smallest absolute Gasteiger partial charge is 0.225 e. The molecule has 1 aromatic carbocycles. The van der Waals surface area contributed by atoms with Gasteiger partial charge in [-0.3, -0.25) is 9.78 Å². The zero-order valence-corrected chi connectivity index (χ0v) is 20.7. The number of pyridine rings is 2. The average molecular weight is 489 g/mol. The molecule has 36 heavy (non-hydrogen) atoms. The molecule has 1 amide bonds. The van der Waals surface area contributed by atoms with E-state index in [-0.39, 0.29) is 25.0 Å². The summed E-state index contributed by atoms with van der Waals surface area (Å²) in [7, 11) is 0. The van der Waals surface area contributed by atoms with E-state index in [1.54, 1.807) is 12.4 Å². The molecule has 0 bridgehead atoms. The Bertz CT molecular complexity index is 1420. The minimum Gasteiger partial charge on any atom is -0.392 e. The number of aromatic nitrogens is 4. The molecule has 1 aliphatic rings. The van der Waals surface area contributed by atoms with Gasteiger partial charge in [0, 0.05) is 48.9 Å². The van der Waals surface area contributed by atoms with E-state index >= 15 is 0 Å². The van der Waals surface area contributed by atoms with Crippen LogP contribution in [0, 0.1) is 11.8 Å². The van der Waals surface area contributed by atoms with Gasteiger partial charge in [-0.2, -0.15) is 0 Å². The highest BCUT2D eigenvalue weighted by Gasteiger charge is 2.26. The lowest BCUT2D eigenvalue weighted by Gasteiger charge is -2.33. The topological polar surface area (TPSA) is 130 Å². The van der Waals surface area contributed by atoms with E-state index in [2.05, 4.69) is 19.5 Å². The zero-order valence-electron chi connectivity index (χ0n) is 20.7. The van der Waals surface area contributed by atoms with Crippen LogP contribution in [0.3, 0.4) is 0 Å². The van der Waals surface area contributed by atoms with Crippen molar-refractivity contribution >= 4 is 33.7 Å². The monoisotopic (exact) mass is 488 g/mol. The highest BCUT2D eigenvalue weighted by Crippen LogP contribution is 2.33. The van der Waals surface area contributed by atoms with Gasteiger partial charge in [0.25, 0.3) is 0 Å². The summed E-state index contributed by atoms with van der Waals surface area (Å²) in [6.07, 6.45) is 5.20. The number of nitrogens with zero attached hydrogens (tertiary/aromatic N) is 5. The molecule has 3 aromatic heterocycles. The fourth-order valence-corrected chi connectivity index (χ4v) is 5.15. The third-order valence-corrected chi connectivity index (χ3v) is 7.10. The number of benzene rings is 1. The number of rotatable bonds is 6. The van der Waals surface area contributed by atoms with Crippen LogP contribution in [0.1, 0.15) is 38.1 Å². The minimum atomic E-state index is -0.196. The van der Waals surface area contributed by atoms with Crippen LogP contribution in [-0.4, -0.2) is 53.6 Å². The first-order valence-electron chi connectivity index (χ1n) is 12.4. The number of likely N-dealkylation sites (tertiary alicyclic amines) is 1. The standard InChI is InChI=1S/C27H32N6O3/c1-16(2)27(36)32-7-5-17(6-8-32)13-33-23(15-35)31-24-25(33)21-4-3-19(10-22(21)30-26(24)28)20-9-18(14-34)11-29-12-20/h3-4,9-12,16-17,34-35H,5-8,13-15H2,1-2H3,(H2,28,30). The summed E-state index contributed by atoms with van der Waals surface area (Å²) in [5.41, 5.74) is 11.1. The van der Waals surface area contributed by atoms with Crippen LogP contribution in [-0.2, 0) is 24.6 Å². The maximum Gasteiger partial charge on any atom is 0.225 e. The maximum atomic E-state index is 12.4. The van der Waals surface area contributed by atoms with Gasteiger partial charge < -0.3 is 25.4 Å². The molecule has 0 unspecified atom stereocenters. The second kappa shape index (κ2) is 9.83. The van der Waals surface area contributed by atoms with E-state index in [9.17, 15) is 15.0 Å². The van der Waals surface area contributed by atoms with Crippen molar-refractivity contribution in [2.75, 3.05) is 18.8 Å². The summed E-state index contributed by atoms with van der Waals surface area (Å²) in [6, 6.07) is 7.88. The van der Waals surface area contributed by atoms with Crippen LogP contribution in [0.2, 0.25) is 0 Å². The van der Waals surface area contributed by atoms with Gasteiger partial charge in [-0.05, 0) is 42.0 Å². The Hall–Kier alpha value is -3.56. The fraction of sp³-hybridized carbons (Fsp3) is 0.407. The number of imidazole rings is 1. The van der Waals surface area contributed by atoms with Crippen molar-refractivity contribution in [1.29, 1.82) is 0 Å². The molecule has 1 aliphatic heterocycles. The number of nitrogens with two attached hydrogens (primary N) is 1. The predicted octanol–water partition coefficient (Wildman–Crippen LogP) is 3.11. The Kier molecular flexibility index (Phi) is 6.59. The molecule has 0 spiro atoms. The Balaban J connectivity index is 1.52. The molecule has 1 fully saturated rings. The molecule has 5 rings (SSSR count). The van der Waals surface area contributed by atoms with E-state index in [1.165, 1.54) is 0 Å². The molecule has 1 saturated heterocycles. The number of aliphatic hydroxyl groups excluding tert-OH is 2. The second-order valence-electron chi connectivity index (χ2n) is 9.89. The first-order valence-corrected chi connectivity index (χ1v) is 12.4. The number of amides is 1. The number of hydrogen-bond donors (Lipinski definition) is 3. The van der Waals surface area contributed by atoms with Crippen LogP contribution in [0.5, 0.6) is 0 Å². The van der Waals surface area contributed by atoms with Crippen molar-refractivity contribution in [3.63, 3.8) is 0 Å². The molecule has 9 nitrogen and oxygen atoms in total. The lowest BCUT2D eigenvalue weighted by Crippen LogP contribution is -2.41. The van der Waals surface area contributed by atoms with Crippen LogP contribution in [0.4, 0.5) is 5.82 Å². The Morgan fingerprint density at radius 3 is 2.56 bits per heavy atom. The van der Waals surface area contributed by atoms with Crippen molar-refractivity contribution in [3.05, 3.63) is 48.0 Å². The summed E-state index contributed by atoms with van der Waals surface area (Å²) in [5.74, 6) is 1.46. The molecular weight excluding hydrogens is 456 g/mol. The summed E-state index contributed by atoms with van der Waals surface area (Å²) >= 11 is 0.